The predicted molar refractivity (Wildman–Crippen MR) is 69.8 cm³/mol. The third-order valence-corrected chi connectivity index (χ3v) is 2.81. The second kappa shape index (κ2) is 8.34. The molecule has 0 aromatic rings. The molecule has 1 saturated heterocycles. The number of epoxide rings is 1. The molecule has 0 amide bonds. The van der Waals surface area contributed by atoms with Crippen molar-refractivity contribution in [1.29, 1.82) is 5.41 Å². The summed E-state index contributed by atoms with van der Waals surface area (Å²) in [5, 5.41) is 6.54. The first-order valence-corrected chi connectivity index (χ1v) is 6.25. The number of nitrogens with two attached hydrogens (primary N) is 1. The van der Waals surface area contributed by atoms with Crippen LogP contribution in [0.3, 0.4) is 0 Å². The summed E-state index contributed by atoms with van der Waals surface area (Å²) in [5.41, 5.74) is 6.19. The van der Waals surface area contributed by atoms with E-state index in [0.717, 1.165) is 12.2 Å². The molecule has 2 aliphatic rings. The first-order chi connectivity index (χ1) is 7.72. The van der Waals surface area contributed by atoms with Crippen LogP contribution >= 0.6 is 0 Å². The van der Waals surface area contributed by atoms with E-state index in [1.807, 2.05) is 13.8 Å². The minimum Gasteiger partial charge on any atom is -0.404 e. The highest BCUT2D eigenvalue weighted by molar-refractivity contribution is 5.74. The van der Waals surface area contributed by atoms with Gasteiger partial charge in [-0.15, -0.1) is 0 Å². The van der Waals surface area contributed by atoms with Crippen molar-refractivity contribution in [2.75, 3.05) is 6.61 Å². The van der Waals surface area contributed by atoms with Crippen molar-refractivity contribution in [2.24, 2.45) is 5.73 Å². The van der Waals surface area contributed by atoms with Crippen molar-refractivity contribution in [3.8, 4) is 0 Å². The van der Waals surface area contributed by atoms with E-state index in [9.17, 15) is 0 Å². The zero-order valence-electron chi connectivity index (χ0n) is 10.9. The van der Waals surface area contributed by atoms with E-state index in [1.54, 1.807) is 6.92 Å². The summed E-state index contributed by atoms with van der Waals surface area (Å²) < 4.78 is 5.34. The Labute approximate surface area is 99.6 Å². The molecule has 2 rings (SSSR count). The lowest BCUT2D eigenvalue weighted by Gasteiger charge is -2.16. The van der Waals surface area contributed by atoms with Crippen molar-refractivity contribution in [3.05, 3.63) is 11.8 Å². The third-order valence-electron chi connectivity index (χ3n) is 2.81. The summed E-state index contributed by atoms with van der Waals surface area (Å²) in [7, 11) is 0. The normalized spacial score (nSPS) is 21.1. The van der Waals surface area contributed by atoms with Gasteiger partial charge in [-0.25, -0.2) is 0 Å². The number of allylic oxidation sites excluding steroid dienone is 1. The molecule has 1 aliphatic carbocycles. The second-order valence-electron chi connectivity index (χ2n) is 4.09. The van der Waals surface area contributed by atoms with Crippen LogP contribution in [0.15, 0.2) is 11.8 Å². The molecule has 1 spiro atoms. The molecule has 3 heteroatoms. The molecular formula is C13H26N2O. The van der Waals surface area contributed by atoms with Crippen molar-refractivity contribution >= 4 is 6.21 Å². The van der Waals surface area contributed by atoms with Gasteiger partial charge in [0.1, 0.15) is 0 Å². The average Bonchev–Trinajstić information content (AvgIpc) is 3.11. The van der Waals surface area contributed by atoms with Gasteiger partial charge in [-0.05, 0) is 31.5 Å². The molecule has 0 aromatic heterocycles. The summed E-state index contributed by atoms with van der Waals surface area (Å²) in [5.74, 6) is 0. The summed E-state index contributed by atoms with van der Waals surface area (Å²) in [6.07, 6.45) is 9.53. The van der Waals surface area contributed by atoms with Gasteiger partial charge in [0.25, 0.3) is 0 Å². The van der Waals surface area contributed by atoms with E-state index < -0.39 is 0 Å². The largest absolute Gasteiger partial charge is 0.404 e. The van der Waals surface area contributed by atoms with Crippen LogP contribution in [0.1, 0.15) is 52.9 Å². The molecule has 1 saturated carbocycles. The zero-order chi connectivity index (χ0) is 12.4. The highest BCUT2D eigenvalue weighted by atomic mass is 16.6. The fourth-order valence-corrected chi connectivity index (χ4v) is 1.63. The first-order valence-electron chi connectivity index (χ1n) is 6.25. The van der Waals surface area contributed by atoms with Gasteiger partial charge >= 0.3 is 0 Å². The molecule has 0 aromatic carbocycles. The smallest absolute Gasteiger partial charge is 0.0916 e. The Hall–Kier alpha value is -0.830. The molecular weight excluding hydrogens is 200 g/mol. The molecule has 0 radical (unpaired) electrons. The Kier molecular flexibility index (Phi) is 7.90. The molecule has 0 bridgehead atoms. The van der Waals surface area contributed by atoms with Crippen molar-refractivity contribution in [2.45, 2.75) is 58.5 Å². The molecule has 94 valence electrons. The topological polar surface area (TPSA) is 62.4 Å². The van der Waals surface area contributed by atoms with Crippen molar-refractivity contribution in [3.63, 3.8) is 0 Å². The maximum Gasteiger partial charge on any atom is 0.0916 e. The third kappa shape index (κ3) is 5.91. The van der Waals surface area contributed by atoms with Crippen LogP contribution in [-0.2, 0) is 4.74 Å². The summed E-state index contributed by atoms with van der Waals surface area (Å²) >= 11 is 0. The van der Waals surface area contributed by atoms with E-state index >= 15 is 0 Å². The van der Waals surface area contributed by atoms with Gasteiger partial charge in [-0.3, -0.25) is 0 Å². The fraction of sp³-hybridized carbons (Fsp3) is 0.769. The first kappa shape index (κ1) is 15.2. The van der Waals surface area contributed by atoms with Crippen LogP contribution in [0.2, 0.25) is 0 Å². The van der Waals surface area contributed by atoms with E-state index in [0.29, 0.717) is 5.60 Å². The molecule has 2 fully saturated rings. The Bertz CT molecular complexity index is 212. The van der Waals surface area contributed by atoms with Crippen LogP contribution < -0.4 is 5.73 Å². The second-order valence-corrected chi connectivity index (χ2v) is 4.09. The number of rotatable bonds is 1. The molecule has 1 heterocycles. The lowest BCUT2D eigenvalue weighted by molar-refractivity contribution is 0.237. The highest BCUT2D eigenvalue weighted by Gasteiger charge is 2.44. The predicted octanol–water partition coefficient (Wildman–Crippen LogP) is 3.24. The van der Waals surface area contributed by atoms with Gasteiger partial charge in [-0.1, -0.05) is 33.1 Å². The molecule has 1 aliphatic heterocycles. The number of nitrogens with one attached hydrogen (secondary N) is 1. The minimum atomic E-state index is 0.429. The average molecular weight is 226 g/mol. The summed E-state index contributed by atoms with van der Waals surface area (Å²) in [6.45, 7) is 6.83. The van der Waals surface area contributed by atoms with Gasteiger partial charge in [0, 0.05) is 6.21 Å². The van der Waals surface area contributed by atoms with Crippen LogP contribution in [0.25, 0.3) is 0 Å². The standard InChI is InChI=1S/C7H12O.C4H8N2.C2H6/c1-2-4-7(5-3-1)6-8-7;1-4(2-5)3-6;1-2/h1-6H2;2-3,5H,6H2,1H3;1-2H3/b;4-3-,5-2?;. The van der Waals surface area contributed by atoms with E-state index in [-0.39, 0.29) is 0 Å². The Morgan fingerprint density at radius 1 is 1.25 bits per heavy atom. The summed E-state index contributed by atoms with van der Waals surface area (Å²) in [6, 6.07) is 0. The number of hydrogen-bond acceptors (Lipinski definition) is 3. The van der Waals surface area contributed by atoms with Crippen molar-refractivity contribution < 1.29 is 4.74 Å². The summed E-state index contributed by atoms with van der Waals surface area (Å²) in [4.78, 5) is 0. The maximum absolute atomic E-state index is 6.54. The van der Waals surface area contributed by atoms with Gasteiger partial charge in [-0.2, -0.15) is 0 Å². The lowest BCUT2D eigenvalue weighted by atomic mass is 9.90. The van der Waals surface area contributed by atoms with Crippen LogP contribution in [0.5, 0.6) is 0 Å². The van der Waals surface area contributed by atoms with E-state index in [1.165, 1.54) is 44.5 Å². The van der Waals surface area contributed by atoms with Crippen LogP contribution in [-0.4, -0.2) is 18.4 Å². The van der Waals surface area contributed by atoms with Crippen LogP contribution in [0, 0.1) is 5.41 Å². The Balaban J connectivity index is 0.000000254. The number of hydrogen-bond donors (Lipinski definition) is 2. The Morgan fingerprint density at radius 3 is 1.94 bits per heavy atom. The quantitative estimate of drug-likeness (QED) is 0.532. The maximum atomic E-state index is 6.54. The molecule has 3 nitrogen and oxygen atoms in total. The Morgan fingerprint density at radius 2 is 1.75 bits per heavy atom. The monoisotopic (exact) mass is 226 g/mol. The molecule has 0 atom stereocenters. The van der Waals surface area contributed by atoms with Crippen LogP contribution in [0.4, 0.5) is 0 Å². The molecule has 16 heavy (non-hydrogen) atoms. The molecule has 0 unspecified atom stereocenters. The van der Waals surface area contributed by atoms with Gasteiger partial charge in [0.05, 0.1) is 12.2 Å². The fourth-order valence-electron chi connectivity index (χ4n) is 1.63. The zero-order valence-corrected chi connectivity index (χ0v) is 10.9. The number of ether oxygens (including phenoxy) is 1. The lowest BCUT2D eigenvalue weighted by Crippen LogP contribution is -2.14. The highest BCUT2D eigenvalue weighted by Crippen LogP contribution is 2.41. The van der Waals surface area contributed by atoms with Crippen molar-refractivity contribution in [1.82, 2.24) is 0 Å². The van der Waals surface area contributed by atoms with Gasteiger partial charge in [0.15, 0.2) is 0 Å². The SMILES string of the molecule is C/C(C=N)=C/N.C1CCC2(CC1)CO2.CC. The molecule has 3 N–H and O–H groups in total. The minimum absolute atomic E-state index is 0.429. The van der Waals surface area contributed by atoms with E-state index in [2.05, 4.69) is 0 Å². The van der Waals surface area contributed by atoms with E-state index in [4.69, 9.17) is 15.9 Å². The van der Waals surface area contributed by atoms with Gasteiger partial charge < -0.3 is 15.9 Å². The van der Waals surface area contributed by atoms with Gasteiger partial charge in [0.2, 0.25) is 0 Å².